The Morgan fingerprint density at radius 3 is 2.67 bits per heavy atom. The van der Waals surface area contributed by atoms with Gasteiger partial charge >= 0.3 is 12.0 Å². The first-order chi connectivity index (χ1) is 10.1. The first-order valence-electron chi connectivity index (χ1n) is 7.11. The Labute approximate surface area is 122 Å². The van der Waals surface area contributed by atoms with Crippen LogP contribution in [0.25, 0.3) is 0 Å². The van der Waals surface area contributed by atoms with Gasteiger partial charge in [0, 0.05) is 31.2 Å². The molecule has 1 aromatic rings. The van der Waals surface area contributed by atoms with Crippen molar-refractivity contribution in [3.63, 3.8) is 0 Å². The zero-order chi connectivity index (χ0) is 15.0. The molecule has 112 valence electrons. The number of carboxylic acids is 1. The summed E-state index contributed by atoms with van der Waals surface area (Å²) in [7, 11) is 0. The maximum atomic E-state index is 12.6. The number of urea groups is 1. The van der Waals surface area contributed by atoms with Gasteiger partial charge in [-0.1, -0.05) is 18.2 Å². The molecule has 0 aromatic heterocycles. The van der Waals surface area contributed by atoms with Crippen LogP contribution in [0.4, 0.5) is 10.5 Å². The summed E-state index contributed by atoms with van der Waals surface area (Å²) in [5.41, 5.74) is 1.70. The van der Waals surface area contributed by atoms with Gasteiger partial charge in [0.05, 0.1) is 12.5 Å². The van der Waals surface area contributed by atoms with Crippen LogP contribution in [-0.2, 0) is 4.79 Å². The Morgan fingerprint density at radius 1 is 1.24 bits per heavy atom. The van der Waals surface area contributed by atoms with Gasteiger partial charge in [-0.2, -0.15) is 0 Å². The number of para-hydroxylation sites is 1. The van der Waals surface area contributed by atoms with Gasteiger partial charge in [-0.25, -0.2) is 4.79 Å². The topological polar surface area (TPSA) is 81.1 Å². The Morgan fingerprint density at radius 2 is 2.00 bits per heavy atom. The number of likely N-dealkylation sites (tertiary alicyclic amines) is 1. The SMILES string of the molecule is O=C(O)CC1CN(C(=O)N2CCC(O)C2)c2ccccc21. The van der Waals surface area contributed by atoms with Crippen molar-refractivity contribution in [3.05, 3.63) is 29.8 Å². The second kappa shape index (κ2) is 5.37. The van der Waals surface area contributed by atoms with Crippen molar-refractivity contribution in [2.75, 3.05) is 24.5 Å². The molecule has 2 aliphatic heterocycles. The fourth-order valence-electron chi connectivity index (χ4n) is 3.15. The Bertz CT molecular complexity index is 575. The van der Waals surface area contributed by atoms with E-state index < -0.39 is 12.1 Å². The van der Waals surface area contributed by atoms with Gasteiger partial charge in [0.2, 0.25) is 0 Å². The molecule has 3 rings (SSSR count). The molecule has 0 aliphatic carbocycles. The minimum atomic E-state index is -0.860. The number of carboxylic acid groups (broad SMARTS) is 1. The number of aliphatic carboxylic acids is 1. The molecule has 21 heavy (non-hydrogen) atoms. The standard InChI is InChI=1S/C15H18N2O4/c18-11-5-6-16(9-11)15(21)17-8-10(7-14(19)20)12-3-1-2-4-13(12)17/h1-4,10-11,18H,5-9H2,(H,19,20). The number of rotatable bonds is 2. The average molecular weight is 290 g/mol. The molecule has 0 radical (unpaired) electrons. The van der Waals surface area contributed by atoms with Crippen LogP contribution in [0.3, 0.4) is 0 Å². The monoisotopic (exact) mass is 290 g/mol. The van der Waals surface area contributed by atoms with E-state index in [-0.39, 0.29) is 18.4 Å². The lowest BCUT2D eigenvalue weighted by Crippen LogP contribution is -2.42. The summed E-state index contributed by atoms with van der Waals surface area (Å²) in [5.74, 6) is -1.03. The van der Waals surface area contributed by atoms with Crippen LogP contribution in [0.5, 0.6) is 0 Å². The number of carbonyl (C=O) groups is 2. The predicted octanol–water partition coefficient (Wildman–Crippen LogP) is 1.25. The van der Waals surface area contributed by atoms with Crippen LogP contribution in [0.15, 0.2) is 24.3 Å². The van der Waals surface area contributed by atoms with E-state index in [1.165, 1.54) is 0 Å². The van der Waals surface area contributed by atoms with Crippen molar-refractivity contribution in [2.45, 2.75) is 24.9 Å². The summed E-state index contributed by atoms with van der Waals surface area (Å²) < 4.78 is 0. The lowest BCUT2D eigenvalue weighted by Gasteiger charge is -2.24. The number of aliphatic hydroxyl groups is 1. The third-order valence-corrected chi connectivity index (χ3v) is 4.16. The molecule has 2 heterocycles. The number of hydrogen-bond acceptors (Lipinski definition) is 3. The highest BCUT2D eigenvalue weighted by Gasteiger charge is 2.37. The number of carbonyl (C=O) groups excluding carboxylic acids is 1. The van der Waals surface area contributed by atoms with Gasteiger partial charge in [-0.05, 0) is 18.1 Å². The van der Waals surface area contributed by atoms with E-state index in [0.717, 1.165) is 11.3 Å². The van der Waals surface area contributed by atoms with Crippen LogP contribution in [-0.4, -0.2) is 52.9 Å². The Kier molecular flexibility index (Phi) is 3.55. The van der Waals surface area contributed by atoms with E-state index in [9.17, 15) is 14.7 Å². The van der Waals surface area contributed by atoms with Crippen LogP contribution in [0.1, 0.15) is 24.3 Å². The number of amides is 2. The second-order valence-corrected chi connectivity index (χ2v) is 5.64. The fraction of sp³-hybridized carbons (Fsp3) is 0.467. The van der Waals surface area contributed by atoms with E-state index >= 15 is 0 Å². The highest BCUT2D eigenvalue weighted by Crippen LogP contribution is 2.38. The summed E-state index contributed by atoms with van der Waals surface area (Å²) in [5, 5.41) is 18.6. The molecule has 2 aliphatic rings. The maximum absolute atomic E-state index is 12.6. The van der Waals surface area contributed by atoms with Crippen LogP contribution in [0, 0.1) is 0 Å². The van der Waals surface area contributed by atoms with E-state index in [2.05, 4.69) is 0 Å². The normalized spacial score (nSPS) is 24.2. The number of fused-ring (bicyclic) bond motifs is 1. The summed E-state index contributed by atoms with van der Waals surface area (Å²) in [6, 6.07) is 7.30. The minimum absolute atomic E-state index is 0.0173. The molecule has 6 nitrogen and oxygen atoms in total. The predicted molar refractivity (Wildman–Crippen MR) is 76.4 cm³/mol. The molecule has 1 aromatic carbocycles. The Hall–Kier alpha value is -2.08. The molecule has 1 saturated heterocycles. The fourth-order valence-corrected chi connectivity index (χ4v) is 3.15. The van der Waals surface area contributed by atoms with Gasteiger partial charge in [-0.15, -0.1) is 0 Å². The van der Waals surface area contributed by atoms with Gasteiger partial charge in [0.1, 0.15) is 0 Å². The molecule has 2 N–H and O–H groups in total. The zero-order valence-electron chi connectivity index (χ0n) is 11.6. The van der Waals surface area contributed by atoms with Crippen molar-refractivity contribution in [2.24, 2.45) is 0 Å². The summed E-state index contributed by atoms with van der Waals surface area (Å²) in [4.78, 5) is 26.8. The van der Waals surface area contributed by atoms with Crippen molar-refractivity contribution in [1.82, 2.24) is 4.90 Å². The lowest BCUT2D eigenvalue weighted by molar-refractivity contribution is -0.137. The molecule has 2 unspecified atom stereocenters. The molecular weight excluding hydrogens is 272 g/mol. The van der Waals surface area contributed by atoms with Crippen molar-refractivity contribution < 1.29 is 19.8 Å². The number of anilines is 1. The van der Waals surface area contributed by atoms with Crippen LogP contribution < -0.4 is 4.90 Å². The maximum Gasteiger partial charge on any atom is 0.324 e. The molecule has 0 spiro atoms. The van der Waals surface area contributed by atoms with Crippen LogP contribution >= 0.6 is 0 Å². The van der Waals surface area contributed by atoms with E-state index in [0.29, 0.717) is 26.1 Å². The smallest absolute Gasteiger partial charge is 0.324 e. The van der Waals surface area contributed by atoms with Gasteiger partial charge < -0.3 is 15.1 Å². The Balaban J connectivity index is 1.84. The van der Waals surface area contributed by atoms with Gasteiger partial charge in [-0.3, -0.25) is 9.69 Å². The number of nitrogens with zero attached hydrogens (tertiary/aromatic N) is 2. The average Bonchev–Trinajstić information content (AvgIpc) is 3.03. The molecule has 2 amide bonds. The van der Waals surface area contributed by atoms with Crippen LogP contribution in [0.2, 0.25) is 0 Å². The quantitative estimate of drug-likeness (QED) is 0.859. The lowest BCUT2D eigenvalue weighted by atomic mass is 9.98. The molecular formula is C15H18N2O4. The number of hydrogen-bond donors (Lipinski definition) is 2. The minimum Gasteiger partial charge on any atom is -0.481 e. The van der Waals surface area contributed by atoms with Gasteiger partial charge in [0.15, 0.2) is 0 Å². The first-order valence-corrected chi connectivity index (χ1v) is 7.11. The van der Waals surface area contributed by atoms with E-state index in [1.807, 2.05) is 24.3 Å². The number of aliphatic hydroxyl groups excluding tert-OH is 1. The largest absolute Gasteiger partial charge is 0.481 e. The second-order valence-electron chi connectivity index (χ2n) is 5.64. The molecule has 0 saturated carbocycles. The van der Waals surface area contributed by atoms with Crippen molar-refractivity contribution >= 4 is 17.7 Å². The van der Waals surface area contributed by atoms with Crippen molar-refractivity contribution in [3.8, 4) is 0 Å². The van der Waals surface area contributed by atoms with E-state index in [1.54, 1.807) is 9.80 Å². The number of benzene rings is 1. The summed E-state index contributed by atoms with van der Waals surface area (Å²) >= 11 is 0. The first kappa shape index (κ1) is 13.9. The third-order valence-electron chi connectivity index (χ3n) is 4.16. The van der Waals surface area contributed by atoms with Crippen molar-refractivity contribution in [1.29, 1.82) is 0 Å². The molecule has 0 bridgehead atoms. The summed E-state index contributed by atoms with van der Waals surface area (Å²) in [6.07, 6.45) is 0.157. The third kappa shape index (κ3) is 2.58. The van der Waals surface area contributed by atoms with Gasteiger partial charge in [0.25, 0.3) is 0 Å². The zero-order valence-corrected chi connectivity index (χ0v) is 11.6. The van der Waals surface area contributed by atoms with E-state index in [4.69, 9.17) is 5.11 Å². The molecule has 6 heteroatoms. The molecule has 2 atom stereocenters. The summed E-state index contributed by atoms with van der Waals surface area (Å²) in [6.45, 7) is 1.28. The highest BCUT2D eigenvalue weighted by molar-refractivity contribution is 5.95. The molecule has 1 fully saturated rings. The number of β-amino-alcohol motifs (C(OH)–C–C–N with tert-alkyl or cyclic N) is 1. The highest BCUT2D eigenvalue weighted by atomic mass is 16.4.